The Bertz CT molecular complexity index is 275. The van der Waals surface area contributed by atoms with Crippen LogP contribution in [0.4, 0.5) is 0 Å². The van der Waals surface area contributed by atoms with Crippen LogP contribution < -0.4 is 11.1 Å². The normalized spacial score (nSPS) is 17.2. The molecule has 5 nitrogen and oxygen atoms in total. The number of carbonyl (C=O) groups is 2. The van der Waals surface area contributed by atoms with Gasteiger partial charge in [0.2, 0.25) is 5.91 Å². The Balaban J connectivity index is 2.16. The van der Waals surface area contributed by atoms with Gasteiger partial charge in [0, 0.05) is 13.0 Å². The molecule has 0 saturated heterocycles. The molecule has 4 N–H and O–H groups in total. The van der Waals surface area contributed by atoms with Gasteiger partial charge in [0.05, 0.1) is 5.41 Å². The average molecular weight is 242 g/mol. The van der Waals surface area contributed by atoms with E-state index < -0.39 is 11.4 Å². The van der Waals surface area contributed by atoms with E-state index in [-0.39, 0.29) is 12.5 Å². The van der Waals surface area contributed by atoms with Gasteiger partial charge in [-0.05, 0) is 32.2 Å². The molecule has 0 bridgehead atoms. The molecule has 17 heavy (non-hydrogen) atoms. The summed E-state index contributed by atoms with van der Waals surface area (Å²) in [5.74, 6) is -0.832. The molecule has 1 fully saturated rings. The summed E-state index contributed by atoms with van der Waals surface area (Å²) in [6.45, 7) is 0.932. The molecule has 1 aliphatic rings. The summed E-state index contributed by atoms with van der Waals surface area (Å²) in [5.41, 5.74) is 4.67. The van der Waals surface area contributed by atoms with E-state index in [1.165, 1.54) is 0 Å². The van der Waals surface area contributed by atoms with Crippen LogP contribution in [0.3, 0.4) is 0 Å². The molecule has 1 rings (SSSR count). The summed E-state index contributed by atoms with van der Waals surface area (Å²) in [4.78, 5) is 22.5. The Hall–Kier alpha value is -1.10. The number of carbonyl (C=O) groups excluding carboxylic acids is 1. The van der Waals surface area contributed by atoms with E-state index in [0.29, 0.717) is 25.8 Å². The molecule has 0 aromatic heterocycles. The molecule has 5 heteroatoms. The van der Waals surface area contributed by atoms with Crippen LogP contribution in [-0.4, -0.2) is 30.1 Å². The van der Waals surface area contributed by atoms with E-state index in [1.807, 2.05) is 0 Å². The number of carboxylic acid groups (broad SMARTS) is 1. The van der Waals surface area contributed by atoms with Gasteiger partial charge in [-0.3, -0.25) is 9.59 Å². The van der Waals surface area contributed by atoms with E-state index in [2.05, 4.69) is 5.32 Å². The van der Waals surface area contributed by atoms with Crippen LogP contribution >= 0.6 is 0 Å². The first-order valence-corrected chi connectivity index (χ1v) is 6.31. The maximum Gasteiger partial charge on any atom is 0.311 e. The Kier molecular flexibility index (Phi) is 5.41. The molecule has 1 amide bonds. The second kappa shape index (κ2) is 6.59. The highest BCUT2D eigenvalue weighted by Gasteiger charge is 2.44. The van der Waals surface area contributed by atoms with Gasteiger partial charge >= 0.3 is 5.97 Å². The molecule has 0 spiro atoms. The van der Waals surface area contributed by atoms with Crippen molar-refractivity contribution in [3.63, 3.8) is 0 Å². The van der Waals surface area contributed by atoms with Crippen LogP contribution in [0.15, 0.2) is 0 Å². The molecule has 0 aromatic carbocycles. The SMILES string of the molecule is NCCCCCC(=O)NCC1(C(=O)O)CCC1. The third-order valence-corrected chi connectivity index (χ3v) is 3.50. The lowest BCUT2D eigenvalue weighted by atomic mass is 9.69. The van der Waals surface area contributed by atoms with Gasteiger partial charge in [0.1, 0.15) is 0 Å². The van der Waals surface area contributed by atoms with Crippen molar-refractivity contribution in [3.8, 4) is 0 Å². The lowest BCUT2D eigenvalue weighted by Gasteiger charge is -2.37. The Morgan fingerprint density at radius 2 is 1.94 bits per heavy atom. The van der Waals surface area contributed by atoms with Crippen LogP contribution in [0.2, 0.25) is 0 Å². The zero-order valence-corrected chi connectivity index (χ0v) is 10.2. The van der Waals surface area contributed by atoms with Gasteiger partial charge < -0.3 is 16.2 Å². The third kappa shape index (κ3) is 4.00. The minimum Gasteiger partial charge on any atom is -0.481 e. The molecule has 0 atom stereocenters. The number of carboxylic acids is 1. The summed E-state index contributed by atoms with van der Waals surface area (Å²) >= 11 is 0. The fourth-order valence-corrected chi connectivity index (χ4v) is 2.03. The molecule has 1 aliphatic carbocycles. The van der Waals surface area contributed by atoms with Gasteiger partial charge in [0.25, 0.3) is 0 Å². The number of aliphatic carboxylic acids is 1. The second-order valence-corrected chi connectivity index (χ2v) is 4.82. The van der Waals surface area contributed by atoms with Crippen molar-refractivity contribution in [2.45, 2.75) is 44.9 Å². The molecular weight excluding hydrogens is 220 g/mol. The molecule has 1 saturated carbocycles. The van der Waals surface area contributed by atoms with Crippen LogP contribution in [0.1, 0.15) is 44.9 Å². The van der Waals surface area contributed by atoms with Gasteiger partial charge in [-0.15, -0.1) is 0 Å². The Labute approximate surface area is 102 Å². The maximum absolute atomic E-state index is 11.5. The zero-order chi connectivity index (χ0) is 12.7. The summed E-state index contributed by atoms with van der Waals surface area (Å²) < 4.78 is 0. The predicted octanol–water partition coefficient (Wildman–Crippen LogP) is 0.877. The fourth-order valence-electron chi connectivity index (χ4n) is 2.03. The van der Waals surface area contributed by atoms with E-state index in [1.54, 1.807) is 0 Å². The molecule has 0 radical (unpaired) electrons. The van der Waals surface area contributed by atoms with E-state index in [4.69, 9.17) is 10.8 Å². The van der Waals surface area contributed by atoms with Crippen LogP contribution in [0.25, 0.3) is 0 Å². The number of unbranched alkanes of at least 4 members (excludes halogenated alkanes) is 2. The van der Waals surface area contributed by atoms with Crippen molar-refractivity contribution >= 4 is 11.9 Å². The number of hydrogen-bond donors (Lipinski definition) is 3. The lowest BCUT2D eigenvalue weighted by molar-refractivity contribution is -0.154. The predicted molar refractivity (Wildman–Crippen MR) is 64.5 cm³/mol. The van der Waals surface area contributed by atoms with E-state index >= 15 is 0 Å². The minimum absolute atomic E-state index is 0.0467. The number of nitrogens with two attached hydrogens (primary N) is 1. The maximum atomic E-state index is 11.5. The lowest BCUT2D eigenvalue weighted by Crippen LogP contribution is -2.47. The van der Waals surface area contributed by atoms with Crippen molar-refractivity contribution in [3.05, 3.63) is 0 Å². The van der Waals surface area contributed by atoms with Crippen molar-refractivity contribution in [1.82, 2.24) is 5.32 Å². The number of hydrogen-bond acceptors (Lipinski definition) is 3. The van der Waals surface area contributed by atoms with Gasteiger partial charge in [0.15, 0.2) is 0 Å². The number of rotatable bonds is 8. The first-order chi connectivity index (χ1) is 8.10. The summed E-state index contributed by atoms with van der Waals surface area (Å²) in [6, 6.07) is 0. The van der Waals surface area contributed by atoms with E-state index in [0.717, 1.165) is 25.7 Å². The molecule has 0 heterocycles. The Morgan fingerprint density at radius 3 is 2.41 bits per heavy atom. The van der Waals surface area contributed by atoms with Crippen molar-refractivity contribution in [2.75, 3.05) is 13.1 Å². The highest BCUT2D eigenvalue weighted by molar-refractivity contribution is 5.79. The molecule has 0 unspecified atom stereocenters. The van der Waals surface area contributed by atoms with Crippen molar-refractivity contribution < 1.29 is 14.7 Å². The molecule has 98 valence electrons. The highest BCUT2D eigenvalue weighted by atomic mass is 16.4. The minimum atomic E-state index is -0.785. The molecular formula is C12H22N2O3. The molecule has 0 aromatic rings. The van der Waals surface area contributed by atoms with Gasteiger partial charge in [-0.2, -0.15) is 0 Å². The fraction of sp³-hybridized carbons (Fsp3) is 0.833. The van der Waals surface area contributed by atoms with Crippen LogP contribution in [0.5, 0.6) is 0 Å². The first-order valence-electron chi connectivity index (χ1n) is 6.31. The largest absolute Gasteiger partial charge is 0.481 e. The van der Waals surface area contributed by atoms with Gasteiger partial charge in [-0.25, -0.2) is 0 Å². The topological polar surface area (TPSA) is 92.4 Å². The summed E-state index contributed by atoms with van der Waals surface area (Å²) in [7, 11) is 0. The van der Waals surface area contributed by atoms with Crippen molar-refractivity contribution in [2.24, 2.45) is 11.1 Å². The first kappa shape index (κ1) is 14.0. The highest BCUT2D eigenvalue weighted by Crippen LogP contribution is 2.40. The van der Waals surface area contributed by atoms with E-state index in [9.17, 15) is 9.59 Å². The van der Waals surface area contributed by atoms with Crippen molar-refractivity contribution in [1.29, 1.82) is 0 Å². The van der Waals surface area contributed by atoms with Crippen LogP contribution in [0, 0.1) is 5.41 Å². The summed E-state index contributed by atoms with van der Waals surface area (Å²) in [5, 5.41) is 11.8. The molecule has 0 aliphatic heterocycles. The number of nitrogens with one attached hydrogen (secondary N) is 1. The second-order valence-electron chi connectivity index (χ2n) is 4.82. The Morgan fingerprint density at radius 1 is 1.24 bits per heavy atom. The zero-order valence-electron chi connectivity index (χ0n) is 10.2. The quantitative estimate of drug-likeness (QED) is 0.551. The summed E-state index contributed by atoms with van der Waals surface area (Å²) in [6.07, 6.45) is 5.48. The third-order valence-electron chi connectivity index (χ3n) is 3.50. The number of amides is 1. The van der Waals surface area contributed by atoms with Gasteiger partial charge in [-0.1, -0.05) is 12.8 Å². The smallest absolute Gasteiger partial charge is 0.311 e. The standard InChI is InChI=1S/C12H22N2O3/c13-8-3-1-2-5-10(15)14-9-12(11(16)17)6-4-7-12/h1-9,13H2,(H,14,15)(H,16,17). The monoisotopic (exact) mass is 242 g/mol. The average Bonchev–Trinajstić information content (AvgIpc) is 2.22. The van der Waals surface area contributed by atoms with Crippen LogP contribution in [-0.2, 0) is 9.59 Å².